The molecule has 7 heteroatoms. The summed E-state index contributed by atoms with van der Waals surface area (Å²) in [5.41, 5.74) is 5.99. The summed E-state index contributed by atoms with van der Waals surface area (Å²) < 4.78 is 10.8. The van der Waals surface area contributed by atoms with Crippen LogP contribution in [0.3, 0.4) is 0 Å². The summed E-state index contributed by atoms with van der Waals surface area (Å²) in [4.78, 5) is 18.8. The summed E-state index contributed by atoms with van der Waals surface area (Å²) in [7, 11) is 3.27. The van der Waals surface area contributed by atoms with E-state index in [2.05, 4.69) is 51.0 Å². The SMILES string of the molecule is COc1ccc(-c2ccc3ncnc(N4CCN(c5ccc(C)cc5)CC4)c3n2)cc1OC. The molecule has 2 aromatic carbocycles. The second-order valence-corrected chi connectivity index (χ2v) is 8.14. The van der Waals surface area contributed by atoms with Gasteiger partial charge in [-0.05, 0) is 49.4 Å². The van der Waals surface area contributed by atoms with Crippen molar-refractivity contribution < 1.29 is 9.47 Å². The molecule has 1 saturated heterocycles. The molecule has 0 bridgehead atoms. The van der Waals surface area contributed by atoms with Crippen LogP contribution < -0.4 is 19.3 Å². The van der Waals surface area contributed by atoms with Gasteiger partial charge in [-0.2, -0.15) is 0 Å². The number of hydrogen-bond acceptors (Lipinski definition) is 7. The second kappa shape index (κ2) is 8.94. The van der Waals surface area contributed by atoms with Crippen LogP contribution in [0, 0.1) is 6.92 Å². The topological polar surface area (TPSA) is 63.6 Å². The fraction of sp³-hybridized carbons (Fsp3) is 0.269. The van der Waals surface area contributed by atoms with E-state index in [4.69, 9.17) is 14.5 Å². The Morgan fingerprint density at radius 3 is 2.21 bits per heavy atom. The lowest BCUT2D eigenvalue weighted by Gasteiger charge is -2.36. The quantitative estimate of drug-likeness (QED) is 0.456. The van der Waals surface area contributed by atoms with E-state index in [1.165, 1.54) is 11.3 Å². The van der Waals surface area contributed by atoms with Gasteiger partial charge < -0.3 is 19.3 Å². The molecule has 2 aromatic heterocycles. The van der Waals surface area contributed by atoms with E-state index >= 15 is 0 Å². The number of piperazine rings is 1. The zero-order chi connectivity index (χ0) is 22.8. The summed E-state index contributed by atoms with van der Waals surface area (Å²) in [6.07, 6.45) is 1.63. The van der Waals surface area contributed by atoms with Crippen molar-refractivity contribution in [2.45, 2.75) is 6.92 Å². The van der Waals surface area contributed by atoms with E-state index in [9.17, 15) is 0 Å². The number of ether oxygens (including phenoxy) is 2. The molecule has 0 unspecified atom stereocenters. The van der Waals surface area contributed by atoms with Gasteiger partial charge in [0.05, 0.1) is 25.4 Å². The van der Waals surface area contributed by atoms with Crippen molar-refractivity contribution >= 4 is 22.5 Å². The molecule has 168 valence electrons. The van der Waals surface area contributed by atoms with Crippen LogP contribution in [0.5, 0.6) is 11.5 Å². The molecular weight excluding hydrogens is 414 g/mol. The number of benzene rings is 2. The van der Waals surface area contributed by atoms with Crippen molar-refractivity contribution in [2.75, 3.05) is 50.2 Å². The first-order valence-electron chi connectivity index (χ1n) is 11.1. The molecule has 0 radical (unpaired) electrons. The second-order valence-electron chi connectivity index (χ2n) is 8.14. The first-order valence-corrected chi connectivity index (χ1v) is 11.1. The highest BCUT2D eigenvalue weighted by Crippen LogP contribution is 2.33. The van der Waals surface area contributed by atoms with Crippen LogP contribution in [0.25, 0.3) is 22.3 Å². The first-order chi connectivity index (χ1) is 16.2. The average Bonchev–Trinajstić information content (AvgIpc) is 2.88. The third kappa shape index (κ3) is 4.14. The normalized spacial score (nSPS) is 13.9. The summed E-state index contributed by atoms with van der Waals surface area (Å²) >= 11 is 0. The standard InChI is InChI=1S/C26H27N5O2/c1-18-4-7-20(8-5-18)30-12-14-31(15-13-30)26-25-22(27-17-28-26)10-9-21(29-25)19-6-11-23(32-2)24(16-19)33-3/h4-11,16-17H,12-15H2,1-3H3. The van der Waals surface area contributed by atoms with Gasteiger partial charge in [-0.15, -0.1) is 0 Å². The van der Waals surface area contributed by atoms with E-state index in [-0.39, 0.29) is 0 Å². The van der Waals surface area contributed by atoms with Gasteiger partial charge in [0.25, 0.3) is 0 Å². The molecule has 0 aliphatic carbocycles. The van der Waals surface area contributed by atoms with Gasteiger partial charge in [-0.25, -0.2) is 15.0 Å². The van der Waals surface area contributed by atoms with Gasteiger partial charge in [-0.3, -0.25) is 0 Å². The molecule has 0 amide bonds. The Hall–Kier alpha value is -3.87. The van der Waals surface area contributed by atoms with Crippen LogP contribution >= 0.6 is 0 Å². The zero-order valence-corrected chi connectivity index (χ0v) is 19.2. The van der Waals surface area contributed by atoms with Gasteiger partial charge in [0.2, 0.25) is 0 Å². The minimum Gasteiger partial charge on any atom is -0.493 e. The van der Waals surface area contributed by atoms with E-state index in [1.54, 1.807) is 20.5 Å². The number of aromatic nitrogens is 3. The monoisotopic (exact) mass is 441 g/mol. The Bertz CT molecular complexity index is 1270. The van der Waals surface area contributed by atoms with Gasteiger partial charge in [0, 0.05) is 37.4 Å². The Morgan fingerprint density at radius 1 is 0.758 bits per heavy atom. The molecule has 5 rings (SSSR count). The minimum atomic E-state index is 0.675. The maximum Gasteiger partial charge on any atom is 0.161 e. The Labute approximate surface area is 193 Å². The molecule has 7 nitrogen and oxygen atoms in total. The van der Waals surface area contributed by atoms with Crippen LogP contribution in [0.1, 0.15) is 5.56 Å². The molecule has 33 heavy (non-hydrogen) atoms. The molecule has 1 aliphatic rings. The van der Waals surface area contributed by atoms with Gasteiger partial charge >= 0.3 is 0 Å². The number of nitrogens with zero attached hydrogens (tertiary/aromatic N) is 5. The number of pyridine rings is 1. The number of anilines is 2. The number of aryl methyl sites for hydroxylation is 1. The van der Waals surface area contributed by atoms with Gasteiger partial charge in [0.1, 0.15) is 11.8 Å². The van der Waals surface area contributed by atoms with Gasteiger partial charge in [-0.1, -0.05) is 17.7 Å². The van der Waals surface area contributed by atoms with Crippen LogP contribution in [0.15, 0.2) is 60.9 Å². The van der Waals surface area contributed by atoms with Crippen molar-refractivity contribution in [1.29, 1.82) is 0 Å². The number of rotatable bonds is 5. The highest BCUT2D eigenvalue weighted by molar-refractivity contribution is 5.87. The summed E-state index contributed by atoms with van der Waals surface area (Å²) in [6.45, 7) is 5.74. The third-order valence-electron chi connectivity index (χ3n) is 6.12. The van der Waals surface area contributed by atoms with Crippen LogP contribution in [-0.2, 0) is 0 Å². The Kier molecular flexibility index (Phi) is 5.69. The van der Waals surface area contributed by atoms with Crippen molar-refractivity contribution in [3.63, 3.8) is 0 Å². The smallest absolute Gasteiger partial charge is 0.161 e. The summed E-state index contributed by atoms with van der Waals surface area (Å²) in [5, 5.41) is 0. The number of hydrogen-bond donors (Lipinski definition) is 0. The third-order valence-corrected chi connectivity index (χ3v) is 6.12. The maximum atomic E-state index is 5.47. The van der Waals surface area contributed by atoms with Crippen LogP contribution in [0.2, 0.25) is 0 Å². The predicted molar refractivity (Wildman–Crippen MR) is 131 cm³/mol. The molecular formula is C26H27N5O2. The lowest BCUT2D eigenvalue weighted by molar-refractivity contribution is 0.355. The lowest BCUT2D eigenvalue weighted by Crippen LogP contribution is -2.47. The Balaban J connectivity index is 1.43. The van der Waals surface area contributed by atoms with E-state index < -0.39 is 0 Å². The summed E-state index contributed by atoms with van der Waals surface area (Å²) in [6, 6.07) is 18.5. The van der Waals surface area contributed by atoms with Gasteiger partial charge in [0.15, 0.2) is 17.3 Å². The molecule has 0 spiro atoms. The fourth-order valence-corrected chi connectivity index (χ4v) is 4.25. The molecule has 1 fully saturated rings. The van der Waals surface area contributed by atoms with E-state index in [1.807, 2.05) is 30.3 Å². The minimum absolute atomic E-state index is 0.675. The molecule has 3 heterocycles. The van der Waals surface area contributed by atoms with Crippen molar-refractivity contribution in [1.82, 2.24) is 15.0 Å². The van der Waals surface area contributed by atoms with E-state index in [0.717, 1.165) is 54.3 Å². The predicted octanol–water partition coefficient (Wildman–Crippen LogP) is 4.34. The first kappa shape index (κ1) is 21.0. The van der Waals surface area contributed by atoms with Crippen LogP contribution in [0.4, 0.5) is 11.5 Å². The maximum absolute atomic E-state index is 5.47. The van der Waals surface area contributed by atoms with Crippen molar-refractivity contribution in [3.8, 4) is 22.8 Å². The van der Waals surface area contributed by atoms with Crippen molar-refractivity contribution in [2.24, 2.45) is 0 Å². The van der Waals surface area contributed by atoms with Crippen LogP contribution in [-0.4, -0.2) is 55.4 Å². The lowest BCUT2D eigenvalue weighted by atomic mass is 10.1. The largest absolute Gasteiger partial charge is 0.493 e. The molecule has 0 N–H and O–H groups in total. The molecule has 0 saturated carbocycles. The Morgan fingerprint density at radius 2 is 1.48 bits per heavy atom. The summed E-state index contributed by atoms with van der Waals surface area (Å²) in [5.74, 6) is 2.25. The highest BCUT2D eigenvalue weighted by atomic mass is 16.5. The molecule has 0 atom stereocenters. The van der Waals surface area contributed by atoms with Crippen molar-refractivity contribution in [3.05, 3.63) is 66.5 Å². The number of methoxy groups -OCH3 is 2. The fourth-order valence-electron chi connectivity index (χ4n) is 4.25. The number of fused-ring (bicyclic) bond motifs is 1. The molecule has 4 aromatic rings. The highest BCUT2D eigenvalue weighted by Gasteiger charge is 2.21. The zero-order valence-electron chi connectivity index (χ0n) is 19.2. The average molecular weight is 442 g/mol. The van der Waals surface area contributed by atoms with E-state index in [0.29, 0.717) is 11.5 Å². The molecule has 1 aliphatic heterocycles.